The third kappa shape index (κ3) is 4.84. The molecule has 5 rings (SSSR count). The molecule has 6 nitrogen and oxygen atoms in total. The van der Waals surface area contributed by atoms with Crippen LogP contribution in [-0.2, 0) is 13.2 Å². The van der Waals surface area contributed by atoms with Crippen LogP contribution in [0.2, 0.25) is 0 Å². The molecule has 182 valence electrons. The third-order valence-corrected chi connectivity index (χ3v) is 6.27. The lowest BCUT2D eigenvalue weighted by molar-refractivity contribution is 0.0666. The van der Waals surface area contributed by atoms with E-state index in [-0.39, 0.29) is 12.1 Å². The number of methoxy groups -OCH3 is 2. The van der Waals surface area contributed by atoms with Gasteiger partial charge in [-0.15, -0.1) is 0 Å². The molecule has 1 N–H and O–H groups in total. The van der Waals surface area contributed by atoms with E-state index < -0.39 is 0 Å². The molecule has 0 aromatic heterocycles. The molecular weight excluding hydrogens is 452 g/mol. The summed E-state index contributed by atoms with van der Waals surface area (Å²) in [6.45, 7) is 0.785. The van der Waals surface area contributed by atoms with Crippen LogP contribution >= 0.6 is 0 Å². The Morgan fingerprint density at radius 2 is 1.58 bits per heavy atom. The van der Waals surface area contributed by atoms with Crippen LogP contribution < -0.4 is 19.5 Å². The first-order valence-electron chi connectivity index (χ1n) is 11.8. The lowest BCUT2D eigenvalue weighted by Gasteiger charge is -2.38. The predicted molar refractivity (Wildman–Crippen MR) is 139 cm³/mol. The van der Waals surface area contributed by atoms with Gasteiger partial charge in [-0.3, -0.25) is 4.79 Å². The number of fused-ring (bicyclic) bond motifs is 1. The number of benzene rings is 4. The molecule has 0 bridgehead atoms. The standard InChI is InChI=1S/C30H28N2O4/c1-34-24-11-8-12-25(18-24)36-20-23-17-22(15-16-28(23)35-2)29-31-27-14-7-6-13-26(27)30(33)32(29)19-21-9-4-3-5-10-21/h3-18,29,31H,19-20H2,1-2H3/t29-/m0/s1. The summed E-state index contributed by atoms with van der Waals surface area (Å²) >= 11 is 0. The van der Waals surface area contributed by atoms with Gasteiger partial charge in [-0.25, -0.2) is 0 Å². The molecule has 1 atom stereocenters. The van der Waals surface area contributed by atoms with E-state index in [9.17, 15) is 4.79 Å². The highest BCUT2D eigenvalue weighted by Crippen LogP contribution is 2.36. The topological polar surface area (TPSA) is 60.0 Å². The van der Waals surface area contributed by atoms with Crippen LogP contribution in [0.4, 0.5) is 5.69 Å². The minimum Gasteiger partial charge on any atom is -0.497 e. The van der Waals surface area contributed by atoms with Crippen molar-refractivity contribution in [3.05, 3.63) is 119 Å². The normalized spacial score (nSPS) is 14.6. The van der Waals surface area contributed by atoms with Crippen LogP contribution in [0.15, 0.2) is 97.1 Å². The van der Waals surface area contributed by atoms with Gasteiger partial charge in [0, 0.05) is 23.9 Å². The van der Waals surface area contributed by atoms with Crippen molar-refractivity contribution in [1.29, 1.82) is 0 Å². The molecule has 0 radical (unpaired) electrons. The maximum atomic E-state index is 13.6. The lowest BCUT2D eigenvalue weighted by atomic mass is 10.0. The first-order chi connectivity index (χ1) is 17.7. The van der Waals surface area contributed by atoms with E-state index in [2.05, 4.69) is 5.32 Å². The maximum Gasteiger partial charge on any atom is 0.258 e. The average molecular weight is 481 g/mol. The van der Waals surface area contributed by atoms with Gasteiger partial charge in [0.25, 0.3) is 5.91 Å². The van der Waals surface area contributed by atoms with Crippen molar-refractivity contribution in [2.75, 3.05) is 19.5 Å². The van der Waals surface area contributed by atoms with Gasteiger partial charge in [-0.1, -0.05) is 54.6 Å². The van der Waals surface area contributed by atoms with Gasteiger partial charge in [0.05, 0.1) is 19.8 Å². The van der Waals surface area contributed by atoms with Crippen molar-refractivity contribution in [2.24, 2.45) is 0 Å². The van der Waals surface area contributed by atoms with Crippen LogP contribution in [0.25, 0.3) is 0 Å². The van der Waals surface area contributed by atoms with Gasteiger partial charge in [-0.05, 0) is 47.5 Å². The van der Waals surface area contributed by atoms with Crippen LogP contribution in [0, 0.1) is 0 Å². The van der Waals surface area contributed by atoms with E-state index >= 15 is 0 Å². The van der Waals surface area contributed by atoms with Crippen molar-refractivity contribution in [1.82, 2.24) is 4.90 Å². The molecule has 36 heavy (non-hydrogen) atoms. The smallest absolute Gasteiger partial charge is 0.258 e. The first kappa shape index (κ1) is 23.3. The number of anilines is 1. The van der Waals surface area contributed by atoms with E-state index in [1.165, 1.54) is 0 Å². The van der Waals surface area contributed by atoms with Crippen LogP contribution in [-0.4, -0.2) is 25.0 Å². The molecule has 6 heteroatoms. The Hall–Kier alpha value is -4.45. The van der Waals surface area contributed by atoms with Gasteiger partial charge in [0.1, 0.15) is 30.0 Å². The van der Waals surface area contributed by atoms with Crippen molar-refractivity contribution in [3.8, 4) is 17.2 Å². The number of hydrogen-bond donors (Lipinski definition) is 1. The van der Waals surface area contributed by atoms with Crippen molar-refractivity contribution >= 4 is 11.6 Å². The highest BCUT2D eigenvalue weighted by molar-refractivity contribution is 6.01. The Kier molecular flexibility index (Phi) is 6.76. The molecule has 1 heterocycles. The van der Waals surface area contributed by atoms with Gasteiger partial charge in [0.15, 0.2) is 0 Å². The summed E-state index contributed by atoms with van der Waals surface area (Å²) in [4.78, 5) is 15.5. The number of carbonyl (C=O) groups excluding carboxylic acids is 1. The molecule has 1 aliphatic heterocycles. The molecule has 0 unspecified atom stereocenters. The molecule has 1 amide bonds. The van der Waals surface area contributed by atoms with E-state index in [1.807, 2.05) is 102 Å². The Morgan fingerprint density at radius 1 is 0.806 bits per heavy atom. The molecule has 0 fully saturated rings. The minimum atomic E-state index is -0.353. The van der Waals surface area contributed by atoms with E-state index in [0.717, 1.165) is 33.9 Å². The number of rotatable bonds is 8. The SMILES string of the molecule is COc1cccc(OCc2cc([C@H]3Nc4ccccc4C(=O)N3Cc3ccccc3)ccc2OC)c1. The van der Waals surface area contributed by atoms with Gasteiger partial charge in [0.2, 0.25) is 0 Å². The quantitative estimate of drug-likeness (QED) is 0.333. The molecular formula is C30H28N2O4. The van der Waals surface area contributed by atoms with E-state index in [0.29, 0.717) is 24.5 Å². The van der Waals surface area contributed by atoms with Crippen LogP contribution in [0.1, 0.15) is 33.2 Å². The van der Waals surface area contributed by atoms with Crippen LogP contribution in [0.5, 0.6) is 17.2 Å². The van der Waals surface area contributed by atoms with Gasteiger partial charge >= 0.3 is 0 Å². The van der Waals surface area contributed by atoms with Crippen molar-refractivity contribution < 1.29 is 19.0 Å². The van der Waals surface area contributed by atoms with E-state index in [1.54, 1.807) is 14.2 Å². The summed E-state index contributed by atoms with van der Waals surface area (Å²) in [5.74, 6) is 2.14. The Bertz CT molecular complexity index is 1360. The second-order valence-electron chi connectivity index (χ2n) is 8.55. The molecule has 4 aromatic rings. The number of hydrogen-bond acceptors (Lipinski definition) is 5. The monoisotopic (exact) mass is 480 g/mol. The number of amides is 1. The van der Waals surface area contributed by atoms with Crippen LogP contribution in [0.3, 0.4) is 0 Å². The number of carbonyl (C=O) groups is 1. The fraction of sp³-hybridized carbons (Fsp3) is 0.167. The van der Waals surface area contributed by atoms with Crippen molar-refractivity contribution in [2.45, 2.75) is 19.3 Å². The van der Waals surface area contributed by atoms with Gasteiger partial charge in [-0.2, -0.15) is 0 Å². The lowest BCUT2D eigenvalue weighted by Crippen LogP contribution is -2.42. The Morgan fingerprint density at radius 3 is 2.39 bits per heavy atom. The summed E-state index contributed by atoms with van der Waals surface area (Å²) < 4.78 is 17.0. The van der Waals surface area contributed by atoms with E-state index in [4.69, 9.17) is 14.2 Å². The summed E-state index contributed by atoms with van der Waals surface area (Å²) in [7, 11) is 3.27. The second kappa shape index (κ2) is 10.4. The fourth-order valence-corrected chi connectivity index (χ4v) is 4.43. The largest absolute Gasteiger partial charge is 0.497 e. The summed E-state index contributed by atoms with van der Waals surface area (Å²) in [5, 5.41) is 3.57. The fourth-order valence-electron chi connectivity index (χ4n) is 4.43. The molecule has 0 aliphatic carbocycles. The summed E-state index contributed by atoms with van der Waals surface area (Å²) in [6.07, 6.45) is -0.353. The minimum absolute atomic E-state index is 0.0109. The zero-order valence-corrected chi connectivity index (χ0v) is 20.3. The first-order valence-corrected chi connectivity index (χ1v) is 11.8. The molecule has 1 aliphatic rings. The predicted octanol–water partition coefficient (Wildman–Crippen LogP) is 6.05. The molecule has 0 spiro atoms. The highest BCUT2D eigenvalue weighted by Gasteiger charge is 2.33. The zero-order chi connectivity index (χ0) is 24.9. The number of para-hydroxylation sites is 1. The number of nitrogens with zero attached hydrogens (tertiary/aromatic N) is 1. The molecule has 4 aromatic carbocycles. The molecule has 0 saturated carbocycles. The third-order valence-electron chi connectivity index (χ3n) is 6.27. The zero-order valence-electron chi connectivity index (χ0n) is 20.3. The molecule has 0 saturated heterocycles. The summed E-state index contributed by atoms with van der Waals surface area (Å²) in [6, 6.07) is 31.1. The summed E-state index contributed by atoms with van der Waals surface area (Å²) in [5.41, 5.74) is 4.37. The number of ether oxygens (including phenoxy) is 3. The maximum absolute atomic E-state index is 13.6. The average Bonchev–Trinajstić information content (AvgIpc) is 2.94. The second-order valence-corrected chi connectivity index (χ2v) is 8.55. The Balaban J connectivity index is 1.47. The number of nitrogens with one attached hydrogen (secondary N) is 1. The highest BCUT2D eigenvalue weighted by atomic mass is 16.5. The Labute approximate surface area is 211 Å². The van der Waals surface area contributed by atoms with Gasteiger partial charge < -0.3 is 24.4 Å². The van der Waals surface area contributed by atoms with Crippen molar-refractivity contribution in [3.63, 3.8) is 0 Å².